The molecule has 0 saturated carbocycles. The Kier molecular flexibility index (Phi) is 4.09. The van der Waals surface area contributed by atoms with Crippen LogP contribution in [0.5, 0.6) is 0 Å². The Bertz CT molecular complexity index is 571. The number of hydrogen-bond acceptors (Lipinski definition) is 4. The smallest absolute Gasteiger partial charge is 0.130 e. The fourth-order valence-corrected chi connectivity index (χ4v) is 2.04. The van der Waals surface area contributed by atoms with E-state index in [0.29, 0.717) is 23.4 Å². The highest BCUT2D eigenvalue weighted by atomic mass is 19.1. The molecule has 19 heavy (non-hydrogen) atoms. The van der Waals surface area contributed by atoms with Gasteiger partial charge in [0.05, 0.1) is 6.04 Å². The molecule has 0 aliphatic heterocycles. The number of benzene rings is 1. The summed E-state index contributed by atoms with van der Waals surface area (Å²) in [4.78, 5) is 4.02. The van der Waals surface area contributed by atoms with Gasteiger partial charge in [-0.2, -0.15) is 0 Å². The van der Waals surface area contributed by atoms with Crippen LogP contribution in [0.25, 0.3) is 0 Å². The number of anilines is 1. The van der Waals surface area contributed by atoms with Gasteiger partial charge in [0, 0.05) is 11.8 Å². The van der Waals surface area contributed by atoms with E-state index < -0.39 is 0 Å². The summed E-state index contributed by atoms with van der Waals surface area (Å²) in [6.07, 6.45) is 2.10. The van der Waals surface area contributed by atoms with Gasteiger partial charge in [-0.25, -0.2) is 9.37 Å². The Morgan fingerprint density at radius 3 is 2.79 bits per heavy atom. The number of nitrogens with zero attached hydrogens (tertiary/aromatic N) is 1. The zero-order valence-electron chi connectivity index (χ0n) is 10.7. The van der Waals surface area contributed by atoms with E-state index in [0.717, 1.165) is 5.56 Å². The third-order valence-electron chi connectivity index (χ3n) is 3.15. The van der Waals surface area contributed by atoms with Crippen LogP contribution in [0.1, 0.15) is 22.7 Å². The van der Waals surface area contributed by atoms with Crippen LogP contribution in [0, 0.1) is 12.7 Å². The van der Waals surface area contributed by atoms with E-state index >= 15 is 0 Å². The number of hydrazine groups is 1. The standard InChI is InChI=1S/C14H17FN4/c1-9-4-2-6-11(13(9)15)12(19-17)8-10-5-3-7-18-14(10)16/h2-7,12,19H,8,17H2,1H3,(H2,16,18). The summed E-state index contributed by atoms with van der Waals surface area (Å²) >= 11 is 0. The average molecular weight is 260 g/mol. The van der Waals surface area contributed by atoms with Crippen molar-refractivity contribution in [1.29, 1.82) is 0 Å². The highest BCUT2D eigenvalue weighted by Crippen LogP contribution is 2.24. The molecule has 5 heteroatoms. The Morgan fingerprint density at radius 2 is 2.11 bits per heavy atom. The number of halogens is 1. The van der Waals surface area contributed by atoms with Gasteiger partial charge in [-0.15, -0.1) is 0 Å². The minimum atomic E-state index is -0.341. The number of aromatic nitrogens is 1. The molecule has 0 aliphatic carbocycles. The highest BCUT2D eigenvalue weighted by molar-refractivity contribution is 5.40. The maximum absolute atomic E-state index is 14.1. The van der Waals surface area contributed by atoms with Gasteiger partial charge in [-0.1, -0.05) is 24.3 Å². The van der Waals surface area contributed by atoms with E-state index in [1.807, 2.05) is 12.1 Å². The first-order valence-corrected chi connectivity index (χ1v) is 6.04. The second kappa shape index (κ2) is 5.77. The predicted molar refractivity (Wildman–Crippen MR) is 73.6 cm³/mol. The number of aryl methyl sites for hydroxylation is 1. The van der Waals surface area contributed by atoms with Crippen LogP contribution < -0.4 is 17.0 Å². The molecule has 0 spiro atoms. The molecular weight excluding hydrogens is 243 g/mol. The number of nitrogens with one attached hydrogen (secondary N) is 1. The first-order chi connectivity index (χ1) is 9.13. The molecule has 4 nitrogen and oxygen atoms in total. The van der Waals surface area contributed by atoms with Gasteiger partial charge >= 0.3 is 0 Å². The quantitative estimate of drug-likeness (QED) is 0.579. The number of nitrogen functional groups attached to an aromatic ring is 1. The Hall–Kier alpha value is -1.98. The molecule has 0 fully saturated rings. The van der Waals surface area contributed by atoms with Gasteiger partial charge < -0.3 is 5.73 Å². The third-order valence-corrected chi connectivity index (χ3v) is 3.15. The van der Waals surface area contributed by atoms with Gasteiger partial charge in [-0.05, 0) is 30.5 Å². The molecule has 100 valence electrons. The average Bonchev–Trinajstić information content (AvgIpc) is 2.41. The number of nitrogens with two attached hydrogens (primary N) is 2. The van der Waals surface area contributed by atoms with Crippen molar-refractivity contribution >= 4 is 5.82 Å². The largest absolute Gasteiger partial charge is 0.383 e. The molecule has 1 aromatic carbocycles. The third kappa shape index (κ3) is 2.89. The second-order valence-electron chi connectivity index (χ2n) is 4.45. The Morgan fingerprint density at radius 1 is 1.32 bits per heavy atom. The molecule has 0 bridgehead atoms. The molecule has 0 radical (unpaired) electrons. The topological polar surface area (TPSA) is 77.0 Å². The normalized spacial score (nSPS) is 12.4. The van der Waals surface area contributed by atoms with E-state index in [4.69, 9.17) is 11.6 Å². The van der Waals surface area contributed by atoms with Crippen molar-refractivity contribution in [2.24, 2.45) is 5.84 Å². The van der Waals surface area contributed by atoms with E-state index in [2.05, 4.69) is 10.4 Å². The number of pyridine rings is 1. The molecular formula is C14H17FN4. The predicted octanol–water partition coefficient (Wildman–Crippen LogP) is 1.86. The van der Waals surface area contributed by atoms with Crippen LogP contribution in [0.3, 0.4) is 0 Å². The number of rotatable bonds is 4. The second-order valence-corrected chi connectivity index (χ2v) is 4.45. The Labute approximate surface area is 111 Å². The van der Waals surface area contributed by atoms with Gasteiger partial charge in [0.2, 0.25) is 0 Å². The molecule has 1 aromatic heterocycles. The summed E-state index contributed by atoms with van der Waals surface area (Å²) in [5, 5.41) is 0. The molecule has 1 atom stereocenters. The molecule has 2 aromatic rings. The summed E-state index contributed by atoms with van der Waals surface area (Å²) in [7, 11) is 0. The van der Waals surface area contributed by atoms with Crippen molar-refractivity contribution in [1.82, 2.24) is 10.4 Å². The minimum absolute atomic E-state index is 0.243. The monoisotopic (exact) mass is 260 g/mol. The first kappa shape index (κ1) is 13.5. The van der Waals surface area contributed by atoms with Crippen LogP contribution in [0.4, 0.5) is 10.2 Å². The van der Waals surface area contributed by atoms with E-state index in [1.165, 1.54) is 0 Å². The summed E-state index contributed by atoms with van der Waals surface area (Å²) in [5.74, 6) is 5.74. The van der Waals surface area contributed by atoms with Gasteiger partial charge in [-0.3, -0.25) is 11.3 Å². The van der Waals surface area contributed by atoms with Crippen molar-refractivity contribution in [3.63, 3.8) is 0 Å². The molecule has 1 heterocycles. The molecule has 0 amide bonds. The lowest BCUT2D eigenvalue weighted by Crippen LogP contribution is -2.30. The fraction of sp³-hybridized carbons (Fsp3) is 0.214. The maximum Gasteiger partial charge on any atom is 0.130 e. The zero-order valence-corrected chi connectivity index (χ0v) is 10.7. The maximum atomic E-state index is 14.1. The van der Waals surface area contributed by atoms with E-state index in [-0.39, 0.29) is 11.9 Å². The molecule has 5 N–H and O–H groups in total. The van der Waals surface area contributed by atoms with Gasteiger partial charge in [0.1, 0.15) is 11.6 Å². The van der Waals surface area contributed by atoms with Crippen molar-refractivity contribution in [2.75, 3.05) is 5.73 Å². The summed E-state index contributed by atoms with van der Waals surface area (Å²) < 4.78 is 14.1. The van der Waals surface area contributed by atoms with Crippen LogP contribution in [0.15, 0.2) is 36.5 Å². The Balaban J connectivity index is 2.31. The van der Waals surface area contributed by atoms with E-state index in [1.54, 1.807) is 31.3 Å². The summed E-state index contributed by atoms with van der Waals surface area (Å²) in [6.45, 7) is 1.73. The first-order valence-electron chi connectivity index (χ1n) is 6.04. The van der Waals surface area contributed by atoms with Crippen molar-refractivity contribution in [3.8, 4) is 0 Å². The van der Waals surface area contributed by atoms with E-state index in [9.17, 15) is 4.39 Å². The summed E-state index contributed by atoms with van der Waals surface area (Å²) in [5.41, 5.74) is 10.4. The minimum Gasteiger partial charge on any atom is -0.383 e. The van der Waals surface area contributed by atoms with Crippen LogP contribution in [0.2, 0.25) is 0 Å². The van der Waals surface area contributed by atoms with Crippen LogP contribution >= 0.6 is 0 Å². The lowest BCUT2D eigenvalue weighted by molar-refractivity contribution is 0.507. The van der Waals surface area contributed by atoms with Crippen molar-refractivity contribution in [2.45, 2.75) is 19.4 Å². The fourth-order valence-electron chi connectivity index (χ4n) is 2.04. The molecule has 0 aliphatic rings. The van der Waals surface area contributed by atoms with Crippen molar-refractivity contribution in [3.05, 3.63) is 59.0 Å². The lowest BCUT2D eigenvalue weighted by Gasteiger charge is -2.18. The SMILES string of the molecule is Cc1cccc(C(Cc2cccnc2N)NN)c1F. The molecule has 0 saturated heterocycles. The van der Waals surface area contributed by atoms with Gasteiger partial charge in [0.25, 0.3) is 0 Å². The summed E-state index contributed by atoms with van der Waals surface area (Å²) in [6, 6.07) is 8.58. The molecule has 1 unspecified atom stereocenters. The van der Waals surface area contributed by atoms with Crippen LogP contribution in [-0.4, -0.2) is 4.98 Å². The highest BCUT2D eigenvalue weighted by Gasteiger charge is 2.17. The zero-order chi connectivity index (χ0) is 13.8. The number of hydrogen-bond donors (Lipinski definition) is 3. The van der Waals surface area contributed by atoms with Gasteiger partial charge in [0.15, 0.2) is 0 Å². The molecule has 2 rings (SSSR count). The van der Waals surface area contributed by atoms with Crippen LogP contribution in [-0.2, 0) is 6.42 Å². The van der Waals surface area contributed by atoms with Crippen molar-refractivity contribution < 1.29 is 4.39 Å². The lowest BCUT2D eigenvalue weighted by atomic mass is 9.97.